The molecule has 2 heterocycles. The number of nitrogens with one attached hydrogen (secondary N) is 1. The lowest BCUT2D eigenvalue weighted by Gasteiger charge is -2.45. The van der Waals surface area contributed by atoms with Crippen molar-refractivity contribution in [3.05, 3.63) is 62.1 Å². The van der Waals surface area contributed by atoms with E-state index >= 15 is 0 Å². The summed E-state index contributed by atoms with van der Waals surface area (Å²) in [7, 11) is 2.05. The summed E-state index contributed by atoms with van der Waals surface area (Å²) >= 11 is 24.3. The first-order valence-electron chi connectivity index (χ1n) is 10.3. The maximum Gasteiger partial charge on any atom is 0.270 e. The molecule has 33 heavy (non-hydrogen) atoms. The molecule has 2 aromatic rings. The second kappa shape index (κ2) is 8.58. The second-order valence-corrected chi connectivity index (χ2v) is 10.5. The summed E-state index contributed by atoms with van der Waals surface area (Å²) in [5.74, 6) is -0.918. The number of hydrogen-bond acceptors (Lipinski definition) is 4. The van der Waals surface area contributed by atoms with E-state index in [1.54, 1.807) is 18.2 Å². The van der Waals surface area contributed by atoms with E-state index in [4.69, 9.17) is 47.0 Å². The number of rotatable bonds is 2. The molecule has 9 heteroatoms. The molecule has 5 nitrogen and oxygen atoms in total. The monoisotopic (exact) mass is 521 g/mol. The van der Waals surface area contributed by atoms with Gasteiger partial charge in [0.1, 0.15) is 5.57 Å². The van der Waals surface area contributed by atoms with Gasteiger partial charge in [-0.1, -0.05) is 47.8 Å². The van der Waals surface area contributed by atoms with Gasteiger partial charge in [-0.3, -0.25) is 19.8 Å². The van der Waals surface area contributed by atoms with E-state index in [1.807, 2.05) is 19.2 Å². The predicted octanol–water partition coefficient (Wildman–Crippen LogP) is 6.20. The largest absolute Gasteiger partial charge is 0.369 e. The number of carbonyl (C=O) groups excluding carboxylic acids is 2. The molecule has 0 bridgehead atoms. The van der Waals surface area contributed by atoms with Crippen LogP contribution in [0.25, 0.3) is 6.08 Å². The standard InChI is InChI=1S/C24H22Cl3N3O2S/c1-12-11-24(2,3)29(4)19-10-17(26)13(8-14(12)19)9-15-21(31)28-23(33)30(22(15)32)18-7-5-6-16(25)20(18)27/h5-10,12H,11H2,1-4H3,(H,28,31,33)/b15-9+. The lowest BCUT2D eigenvalue weighted by atomic mass is 9.80. The average Bonchev–Trinajstić information content (AvgIpc) is 2.72. The fraction of sp³-hybridized carbons (Fsp3) is 0.292. The first kappa shape index (κ1) is 24.0. The van der Waals surface area contributed by atoms with Crippen LogP contribution in [0.4, 0.5) is 11.4 Å². The van der Waals surface area contributed by atoms with E-state index in [0.717, 1.165) is 17.7 Å². The van der Waals surface area contributed by atoms with Gasteiger partial charge >= 0.3 is 0 Å². The summed E-state index contributed by atoms with van der Waals surface area (Å²) in [5, 5.41) is 3.37. The Morgan fingerprint density at radius 1 is 1.12 bits per heavy atom. The van der Waals surface area contributed by atoms with E-state index in [-0.39, 0.29) is 32.2 Å². The zero-order chi connectivity index (χ0) is 24.2. The van der Waals surface area contributed by atoms with Gasteiger partial charge in [0.25, 0.3) is 11.8 Å². The Hall–Kier alpha value is -2.12. The first-order valence-corrected chi connectivity index (χ1v) is 11.9. The minimum atomic E-state index is -0.604. The summed E-state index contributed by atoms with van der Waals surface area (Å²) in [4.78, 5) is 29.5. The van der Waals surface area contributed by atoms with Crippen LogP contribution in [0.1, 0.15) is 44.2 Å². The van der Waals surface area contributed by atoms with Crippen LogP contribution in [0.3, 0.4) is 0 Å². The highest BCUT2D eigenvalue weighted by molar-refractivity contribution is 7.80. The van der Waals surface area contributed by atoms with Crippen LogP contribution >= 0.6 is 47.0 Å². The van der Waals surface area contributed by atoms with Crippen molar-refractivity contribution in [2.45, 2.75) is 38.6 Å². The van der Waals surface area contributed by atoms with Gasteiger partial charge in [0.2, 0.25) is 0 Å². The normalized spacial score (nSPS) is 21.4. The smallest absolute Gasteiger partial charge is 0.270 e. The Kier molecular flexibility index (Phi) is 6.25. The van der Waals surface area contributed by atoms with E-state index in [9.17, 15) is 9.59 Å². The SMILES string of the molecule is CC1CC(C)(C)N(C)c2cc(Cl)c(/C=C3\C(=O)NC(=S)N(c4cccc(Cl)c4Cl)C3=O)cc21. The van der Waals surface area contributed by atoms with Crippen molar-refractivity contribution in [1.82, 2.24) is 5.32 Å². The van der Waals surface area contributed by atoms with Crippen molar-refractivity contribution >= 4 is 81.4 Å². The second-order valence-electron chi connectivity index (χ2n) is 8.94. The van der Waals surface area contributed by atoms with Gasteiger partial charge in [-0.15, -0.1) is 0 Å². The summed E-state index contributed by atoms with van der Waals surface area (Å²) in [6.45, 7) is 6.55. The molecule has 0 aromatic heterocycles. The Bertz CT molecular complexity index is 1240. The van der Waals surface area contributed by atoms with Crippen LogP contribution in [0.15, 0.2) is 35.9 Å². The number of anilines is 2. The maximum absolute atomic E-state index is 13.4. The summed E-state index contributed by atoms with van der Waals surface area (Å²) in [5.41, 5.74) is 2.92. The number of benzene rings is 2. The Labute approximate surface area is 213 Å². The number of amides is 2. The Morgan fingerprint density at radius 3 is 2.52 bits per heavy atom. The van der Waals surface area contributed by atoms with Crippen LogP contribution in [-0.4, -0.2) is 29.5 Å². The van der Waals surface area contributed by atoms with Crippen molar-refractivity contribution in [3.8, 4) is 0 Å². The molecule has 0 aliphatic carbocycles. The highest BCUT2D eigenvalue weighted by atomic mass is 35.5. The molecule has 1 unspecified atom stereocenters. The average molecular weight is 523 g/mol. The third-order valence-corrected chi connectivity index (χ3v) is 7.75. The van der Waals surface area contributed by atoms with Crippen molar-refractivity contribution in [1.29, 1.82) is 0 Å². The summed E-state index contributed by atoms with van der Waals surface area (Å²) in [6, 6.07) is 8.71. The van der Waals surface area contributed by atoms with Crippen molar-refractivity contribution in [3.63, 3.8) is 0 Å². The number of thiocarbonyl (C=S) groups is 1. The fourth-order valence-electron chi connectivity index (χ4n) is 4.41. The number of halogens is 3. The van der Waals surface area contributed by atoms with Crippen LogP contribution < -0.4 is 15.1 Å². The zero-order valence-corrected chi connectivity index (χ0v) is 21.6. The van der Waals surface area contributed by atoms with Crippen LogP contribution in [0.5, 0.6) is 0 Å². The summed E-state index contributed by atoms with van der Waals surface area (Å²) < 4.78 is 0. The third kappa shape index (κ3) is 4.14. The van der Waals surface area contributed by atoms with Gasteiger partial charge in [-0.2, -0.15) is 0 Å². The molecular weight excluding hydrogens is 501 g/mol. The minimum absolute atomic E-state index is 0.0125. The molecule has 2 aliphatic rings. The molecule has 1 atom stereocenters. The molecule has 2 aromatic carbocycles. The molecule has 2 amide bonds. The Morgan fingerprint density at radius 2 is 1.82 bits per heavy atom. The van der Waals surface area contributed by atoms with E-state index in [1.165, 1.54) is 11.0 Å². The van der Waals surface area contributed by atoms with Gasteiger partial charge in [-0.25, -0.2) is 0 Å². The Balaban J connectivity index is 1.79. The molecule has 1 fully saturated rings. The number of nitrogens with zero attached hydrogens (tertiary/aromatic N) is 2. The maximum atomic E-state index is 13.4. The van der Waals surface area contributed by atoms with Gasteiger partial charge in [0, 0.05) is 23.3 Å². The highest BCUT2D eigenvalue weighted by Gasteiger charge is 2.37. The molecule has 172 valence electrons. The lowest BCUT2D eigenvalue weighted by molar-refractivity contribution is -0.122. The van der Waals surface area contributed by atoms with Gasteiger partial charge in [-0.05, 0) is 79.9 Å². The van der Waals surface area contributed by atoms with Crippen molar-refractivity contribution in [2.75, 3.05) is 16.8 Å². The molecule has 4 rings (SSSR count). The molecule has 1 saturated heterocycles. The van der Waals surface area contributed by atoms with E-state index in [2.05, 4.69) is 31.0 Å². The minimum Gasteiger partial charge on any atom is -0.369 e. The van der Waals surface area contributed by atoms with Gasteiger partial charge in [0.05, 0.1) is 15.7 Å². The van der Waals surface area contributed by atoms with Crippen molar-refractivity contribution in [2.24, 2.45) is 0 Å². The van der Waals surface area contributed by atoms with E-state index < -0.39 is 11.8 Å². The molecule has 0 spiro atoms. The van der Waals surface area contributed by atoms with Crippen LogP contribution in [0, 0.1) is 0 Å². The molecule has 0 saturated carbocycles. The molecule has 2 aliphatic heterocycles. The molecule has 0 radical (unpaired) electrons. The number of hydrogen-bond donors (Lipinski definition) is 1. The van der Waals surface area contributed by atoms with Gasteiger partial charge < -0.3 is 4.90 Å². The summed E-state index contributed by atoms with van der Waals surface area (Å²) in [6.07, 6.45) is 2.46. The molecular formula is C24H22Cl3N3O2S. The third-order valence-electron chi connectivity index (χ3n) is 6.33. The zero-order valence-electron chi connectivity index (χ0n) is 18.5. The van der Waals surface area contributed by atoms with E-state index in [0.29, 0.717) is 16.3 Å². The first-order chi connectivity index (χ1) is 15.4. The highest BCUT2D eigenvalue weighted by Crippen LogP contribution is 2.44. The van der Waals surface area contributed by atoms with Crippen molar-refractivity contribution < 1.29 is 9.59 Å². The number of fused-ring (bicyclic) bond motifs is 1. The quantitative estimate of drug-likeness (QED) is 0.290. The van der Waals surface area contributed by atoms with Crippen LogP contribution in [0.2, 0.25) is 15.1 Å². The van der Waals surface area contributed by atoms with Crippen LogP contribution in [-0.2, 0) is 9.59 Å². The molecule has 1 N–H and O–H groups in total. The fourth-order valence-corrected chi connectivity index (χ4v) is 5.28. The topological polar surface area (TPSA) is 52.7 Å². The lowest BCUT2D eigenvalue weighted by Crippen LogP contribution is -2.54. The van der Waals surface area contributed by atoms with Gasteiger partial charge in [0.15, 0.2) is 5.11 Å². The predicted molar refractivity (Wildman–Crippen MR) is 140 cm³/mol. The number of carbonyl (C=O) groups is 2.